The molecule has 0 saturated heterocycles. The summed E-state index contributed by atoms with van der Waals surface area (Å²) in [6.45, 7) is 5.42. The van der Waals surface area contributed by atoms with Gasteiger partial charge in [-0.3, -0.25) is 0 Å². The zero-order valence-electron chi connectivity index (χ0n) is 12.2. The number of hydrogen-bond acceptors (Lipinski definition) is 5. The fraction of sp³-hybridized carbons (Fsp3) is 0.571. The Kier molecular flexibility index (Phi) is 4.58. The number of rotatable bonds is 6. The van der Waals surface area contributed by atoms with E-state index in [-0.39, 0.29) is 0 Å². The van der Waals surface area contributed by atoms with Crippen molar-refractivity contribution < 1.29 is 0 Å². The van der Waals surface area contributed by atoms with Crippen LogP contribution in [-0.4, -0.2) is 30.6 Å². The van der Waals surface area contributed by atoms with Crippen LogP contribution >= 0.6 is 11.3 Å². The lowest BCUT2D eigenvalue weighted by molar-refractivity contribution is 0.761. The normalized spacial score (nSPS) is 10.9. The van der Waals surface area contributed by atoms with Gasteiger partial charge in [0.2, 0.25) is 5.95 Å². The van der Waals surface area contributed by atoms with Gasteiger partial charge in [0.05, 0.1) is 5.39 Å². The monoisotopic (exact) mass is 278 g/mol. The molecule has 0 fully saturated rings. The fourth-order valence-corrected chi connectivity index (χ4v) is 3.00. The molecule has 5 heteroatoms. The first-order chi connectivity index (χ1) is 9.19. The predicted octanol–water partition coefficient (Wildman–Crippen LogP) is 3.53. The maximum absolute atomic E-state index is 4.63. The second-order valence-electron chi connectivity index (χ2n) is 4.68. The Labute approximate surface area is 118 Å². The van der Waals surface area contributed by atoms with Crippen molar-refractivity contribution >= 4 is 33.3 Å². The Morgan fingerprint density at radius 1 is 1.32 bits per heavy atom. The molecule has 2 aromatic rings. The molecule has 0 radical (unpaired) electrons. The van der Waals surface area contributed by atoms with E-state index in [0.717, 1.165) is 23.6 Å². The Balaban J connectivity index is 2.46. The maximum Gasteiger partial charge on any atom is 0.225 e. The van der Waals surface area contributed by atoms with Crippen molar-refractivity contribution in [2.45, 2.75) is 33.1 Å². The fourth-order valence-electron chi connectivity index (χ4n) is 2.03. The van der Waals surface area contributed by atoms with Crippen molar-refractivity contribution in [1.29, 1.82) is 0 Å². The van der Waals surface area contributed by atoms with Crippen LogP contribution in [0.4, 0.5) is 11.8 Å². The summed E-state index contributed by atoms with van der Waals surface area (Å²) in [5.74, 6) is 1.74. The number of aryl methyl sites for hydroxylation is 1. The molecule has 0 spiro atoms. The molecule has 0 unspecified atom stereocenters. The molecule has 4 nitrogen and oxygen atoms in total. The zero-order chi connectivity index (χ0) is 13.8. The number of thiophene rings is 1. The number of anilines is 2. The van der Waals surface area contributed by atoms with E-state index < -0.39 is 0 Å². The van der Waals surface area contributed by atoms with Gasteiger partial charge in [-0.15, -0.1) is 11.3 Å². The van der Waals surface area contributed by atoms with Crippen LogP contribution in [0.15, 0.2) is 6.07 Å². The number of aromatic nitrogens is 2. The molecule has 104 valence electrons. The number of fused-ring (bicyclic) bond motifs is 1. The van der Waals surface area contributed by atoms with E-state index in [1.54, 1.807) is 11.3 Å². The minimum absolute atomic E-state index is 0.704. The Hall–Kier alpha value is -1.36. The van der Waals surface area contributed by atoms with Gasteiger partial charge in [0, 0.05) is 25.5 Å². The van der Waals surface area contributed by atoms with Crippen LogP contribution in [0.5, 0.6) is 0 Å². The quantitative estimate of drug-likeness (QED) is 0.877. The lowest BCUT2D eigenvalue weighted by Crippen LogP contribution is -2.20. The van der Waals surface area contributed by atoms with Crippen LogP contribution in [-0.2, 0) is 6.42 Å². The van der Waals surface area contributed by atoms with Gasteiger partial charge in [0.15, 0.2) is 0 Å². The van der Waals surface area contributed by atoms with Crippen molar-refractivity contribution in [2.24, 2.45) is 0 Å². The minimum Gasteiger partial charge on any atom is -0.359 e. The van der Waals surface area contributed by atoms with Crippen molar-refractivity contribution in [1.82, 2.24) is 9.97 Å². The molecule has 1 N–H and O–H groups in total. The molecule has 0 aromatic carbocycles. The zero-order valence-corrected chi connectivity index (χ0v) is 13.0. The molecule has 0 amide bonds. The van der Waals surface area contributed by atoms with Gasteiger partial charge in [-0.1, -0.05) is 20.3 Å². The number of nitrogens with one attached hydrogen (secondary N) is 1. The molecule has 0 aliphatic rings. The topological polar surface area (TPSA) is 41.1 Å². The molecule has 0 bridgehead atoms. The van der Waals surface area contributed by atoms with Crippen molar-refractivity contribution in [3.8, 4) is 0 Å². The molecule has 0 aliphatic heterocycles. The van der Waals surface area contributed by atoms with Crippen molar-refractivity contribution in [3.05, 3.63) is 10.9 Å². The maximum atomic E-state index is 4.63. The van der Waals surface area contributed by atoms with E-state index in [4.69, 9.17) is 0 Å². The number of hydrogen-bond donors (Lipinski definition) is 1. The van der Waals surface area contributed by atoms with Gasteiger partial charge in [0.1, 0.15) is 10.6 Å². The average molecular weight is 278 g/mol. The van der Waals surface area contributed by atoms with E-state index in [1.165, 1.54) is 23.1 Å². The minimum atomic E-state index is 0.704. The highest BCUT2D eigenvalue weighted by Crippen LogP contribution is 2.31. The third-order valence-corrected chi connectivity index (χ3v) is 4.38. The van der Waals surface area contributed by atoms with Gasteiger partial charge in [-0.2, -0.15) is 4.98 Å². The van der Waals surface area contributed by atoms with Crippen LogP contribution < -0.4 is 10.2 Å². The molecule has 0 aliphatic carbocycles. The summed E-state index contributed by atoms with van der Waals surface area (Å²) in [5.41, 5.74) is 0. The summed E-state index contributed by atoms with van der Waals surface area (Å²) in [6.07, 6.45) is 3.43. The first kappa shape index (κ1) is 14.1. The molecular weight excluding hydrogens is 256 g/mol. The van der Waals surface area contributed by atoms with Crippen LogP contribution in [0, 0.1) is 0 Å². The smallest absolute Gasteiger partial charge is 0.225 e. The highest BCUT2D eigenvalue weighted by atomic mass is 32.1. The molecular formula is C14H22N4S. The highest BCUT2D eigenvalue weighted by molar-refractivity contribution is 7.18. The molecule has 2 heterocycles. The van der Waals surface area contributed by atoms with E-state index >= 15 is 0 Å². The van der Waals surface area contributed by atoms with E-state index in [9.17, 15) is 0 Å². The molecule has 0 saturated carbocycles. The highest BCUT2D eigenvalue weighted by Gasteiger charge is 2.13. The SMILES string of the molecule is CCCCN(C)c1nc(NC)nc2sc(CC)cc12. The lowest BCUT2D eigenvalue weighted by Gasteiger charge is -2.19. The molecule has 0 atom stereocenters. The largest absolute Gasteiger partial charge is 0.359 e. The Morgan fingerprint density at radius 3 is 2.74 bits per heavy atom. The van der Waals surface area contributed by atoms with Gasteiger partial charge < -0.3 is 10.2 Å². The summed E-state index contributed by atoms with van der Waals surface area (Å²) in [6, 6.07) is 2.23. The van der Waals surface area contributed by atoms with E-state index in [2.05, 4.69) is 47.1 Å². The van der Waals surface area contributed by atoms with Gasteiger partial charge in [0.25, 0.3) is 0 Å². The number of unbranched alkanes of at least 4 members (excludes halogenated alkanes) is 1. The Morgan fingerprint density at radius 2 is 2.11 bits per heavy atom. The summed E-state index contributed by atoms with van der Waals surface area (Å²) in [5, 5.41) is 4.24. The van der Waals surface area contributed by atoms with Gasteiger partial charge in [-0.05, 0) is 18.9 Å². The average Bonchev–Trinajstić information content (AvgIpc) is 2.86. The second-order valence-corrected chi connectivity index (χ2v) is 5.80. The van der Waals surface area contributed by atoms with Crippen molar-refractivity contribution in [2.75, 3.05) is 30.9 Å². The third kappa shape index (κ3) is 2.97. The van der Waals surface area contributed by atoms with Crippen LogP contribution in [0.1, 0.15) is 31.6 Å². The van der Waals surface area contributed by atoms with Crippen LogP contribution in [0.3, 0.4) is 0 Å². The molecule has 19 heavy (non-hydrogen) atoms. The summed E-state index contributed by atoms with van der Waals surface area (Å²) < 4.78 is 0. The van der Waals surface area contributed by atoms with E-state index in [0.29, 0.717) is 5.95 Å². The molecule has 2 rings (SSSR count). The Bertz CT molecular complexity index is 550. The first-order valence-corrected chi connectivity index (χ1v) is 7.70. The van der Waals surface area contributed by atoms with Gasteiger partial charge >= 0.3 is 0 Å². The molecule has 2 aromatic heterocycles. The van der Waals surface area contributed by atoms with Crippen LogP contribution in [0.25, 0.3) is 10.2 Å². The van der Waals surface area contributed by atoms with Gasteiger partial charge in [-0.25, -0.2) is 4.98 Å². The summed E-state index contributed by atoms with van der Waals surface area (Å²) >= 11 is 1.76. The first-order valence-electron chi connectivity index (χ1n) is 6.88. The summed E-state index contributed by atoms with van der Waals surface area (Å²) in [7, 11) is 3.98. The lowest BCUT2D eigenvalue weighted by atomic mass is 10.2. The van der Waals surface area contributed by atoms with Crippen LogP contribution in [0.2, 0.25) is 0 Å². The standard InChI is InChI=1S/C14H22N4S/c1-5-7-8-18(4)12-11-9-10(6-2)19-13(11)17-14(15-3)16-12/h9H,5-8H2,1-4H3,(H,15,16,17). The number of nitrogens with zero attached hydrogens (tertiary/aromatic N) is 3. The van der Waals surface area contributed by atoms with E-state index in [1.807, 2.05) is 7.05 Å². The summed E-state index contributed by atoms with van der Waals surface area (Å²) in [4.78, 5) is 13.9. The second kappa shape index (κ2) is 6.19. The van der Waals surface area contributed by atoms with Crippen molar-refractivity contribution in [3.63, 3.8) is 0 Å². The third-order valence-electron chi connectivity index (χ3n) is 3.20. The predicted molar refractivity (Wildman–Crippen MR) is 84.5 cm³/mol.